The van der Waals surface area contributed by atoms with Gasteiger partial charge in [0.1, 0.15) is 0 Å². The van der Waals surface area contributed by atoms with Gasteiger partial charge in [-0.2, -0.15) is 0 Å². The van der Waals surface area contributed by atoms with Gasteiger partial charge in [-0.1, -0.05) is 140 Å². The number of dihydropyridines is 1. The molecule has 3 atom stereocenters. The van der Waals surface area contributed by atoms with Crippen LogP contribution in [0.15, 0.2) is 172 Å². The average molecular weight is 696 g/mol. The molecular weight excluding hydrogens is 655 g/mol. The highest BCUT2D eigenvalue weighted by Crippen LogP contribution is 2.54. The van der Waals surface area contributed by atoms with Crippen molar-refractivity contribution in [3.8, 4) is 11.1 Å². The standard InChI is InChI=1S/C51H41N3/c1-2-10-34(11-3-1)45-30-28-37-26-27-38-29-31-46(53-50(38)49(37)52-45)35-22-18-32(19-23-35)33-20-24-36(25-21-33)48-44-17-9-7-15-42(44)47-41-14-6-4-12-39(41)40-13-5-8-16-43(40)51(47)54-48/h1-2,4-8,10,12-16,18-22,24-27,29,31,35,47,51H,3,9,11,17,23,28,30H2. The van der Waals surface area contributed by atoms with Gasteiger partial charge >= 0.3 is 0 Å². The van der Waals surface area contributed by atoms with Crippen LogP contribution in [0.2, 0.25) is 0 Å². The van der Waals surface area contributed by atoms with Crippen LogP contribution in [0.5, 0.6) is 0 Å². The van der Waals surface area contributed by atoms with Gasteiger partial charge in [-0.3, -0.25) is 9.98 Å². The fraction of sp³-hybridized carbons (Fsp3) is 0.196. The van der Waals surface area contributed by atoms with Crippen molar-refractivity contribution < 1.29 is 0 Å². The minimum Gasteiger partial charge on any atom is -0.275 e. The summed E-state index contributed by atoms with van der Waals surface area (Å²) in [5.41, 5.74) is 20.3. The molecule has 0 saturated heterocycles. The van der Waals surface area contributed by atoms with Gasteiger partial charge in [0.2, 0.25) is 0 Å². The molecule has 0 radical (unpaired) electrons. The third-order valence-electron chi connectivity index (χ3n) is 12.5. The molecule has 0 saturated carbocycles. The summed E-state index contributed by atoms with van der Waals surface area (Å²) in [7, 11) is 0. The second kappa shape index (κ2) is 12.9. The predicted octanol–water partition coefficient (Wildman–Crippen LogP) is 12.6. The fourth-order valence-corrected chi connectivity index (χ4v) is 9.70. The average Bonchev–Trinajstić information content (AvgIpc) is 3.26. The van der Waals surface area contributed by atoms with Gasteiger partial charge in [0.15, 0.2) is 0 Å². The summed E-state index contributed by atoms with van der Waals surface area (Å²) in [5.74, 6) is 0.491. The van der Waals surface area contributed by atoms with Gasteiger partial charge in [0.25, 0.3) is 0 Å². The molecule has 4 aliphatic carbocycles. The number of aliphatic imine (C=N–C) groups is 2. The maximum absolute atomic E-state index is 5.64. The molecule has 0 bridgehead atoms. The Morgan fingerprint density at radius 2 is 1.46 bits per heavy atom. The normalized spacial score (nSPS) is 22.3. The number of fused-ring (bicyclic) bond motifs is 10. The van der Waals surface area contributed by atoms with Crippen LogP contribution < -0.4 is 0 Å². The van der Waals surface area contributed by atoms with E-state index in [1.165, 1.54) is 72.3 Å². The predicted molar refractivity (Wildman–Crippen MR) is 224 cm³/mol. The maximum atomic E-state index is 5.64. The third-order valence-corrected chi connectivity index (χ3v) is 12.5. The second-order valence-electron chi connectivity index (χ2n) is 15.5. The Morgan fingerprint density at radius 3 is 2.30 bits per heavy atom. The summed E-state index contributed by atoms with van der Waals surface area (Å²) >= 11 is 0. The van der Waals surface area contributed by atoms with Crippen LogP contribution in [0.3, 0.4) is 0 Å². The minimum atomic E-state index is 0.0722. The van der Waals surface area contributed by atoms with Crippen molar-refractivity contribution in [1.82, 2.24) is 4.98 Å². The molecule has 260 valence electrons. The molecule has 3 heteroatoms. The van der Waals surface area contributed by atoms with E-state index < -0.39 is 0 Å². The van der Waals surface area contributed by atoms with Gasteiger partial charge in [-0.15, -0.1) is 0 Å². The number of pyridine rings is 1. The van der Waals surface area contributed by atoms with Crippen LogP contribution in [-0.4, -0.2) is 16.4 Å². The molecule has 54 heavy (non-hydrogen) atoms. The Labute approximate surface area is 317 Å². The van der Waals surface area contributed by atoms with Crippen LogP contribution in [0.1, 0.15) is 89.9 Å². The van der Waals surface area contributed by atoms with Crippen LogP contribution in [0.25, 0.3) is 27.6 Å². The molecular formula is C51H41N3. The highest BCUT2D eigenvalue weighted by Gasteiger charge is 2.40. The van der Waals surface area contributed by atoms with Crippen molar-refractivity contribution in [2.24, 2.45) is 9.98 Å². The zero-order valence-corrected chi connectivity index (χ0v) is 30.4. The molecule has 0 fully saturated rings. The van der Waals surface area contributed by atoms with E-state index in [9.17, 15) is 0 Å². The smallest absolute Gasteiger partial charge is 0.0964 e. The summed E-state index contributed by atoms with van der Waals surface area (Å²) in [6.07, 6.45) is 25.7. The van der Waals surface area contributed by atoms with Crippen molar-refractivity contribution in [3.05, 3.63) is 196 Å². The molecule has 0 N–H and O–H groups in total. The van der Waals surface area contributed by atoms with Gasteiger partial charge in [-0.05, 0) is 107 Å². The Balaban J connectivity index is 0.875. The number of benzene rings is 4. The lowest BCUT2D eigenvalue weighted by atomic mass is 9.68. The highest BCUT2D eigenvalue weighted by atomic mass is 14.9. The molecule has 0 spiro atoms. The zero-order chi connectivity index (χ0) is 35.6. The van der Waals surface area contributed by atoms with Crippen molar-refractivity contribution >= 4 is 33.6 Å². The van der Waals surface area contributed by atoms with Gasteiger partial charge in [0.05, 0.1) is 23.0 Å². The molecule has 1 aromatic heterocycles. The summed E-state index contributed by atoms with van der Waals surface area (Å²) in [6.45, 7) is 0. The van der Waals surface area contributed by atoms with Gasteiger partial charge in [-0.25, -0.2) is 4.98 Å². The van der Waals surface area contributed by atoms with E-state index in [4.69, 9.17) is 15.0 Å². The van der Waals surface area contributed by atoms with E-state index in [1.54, 1.807) is 0 Å². The number of aryl methyl sites for hydroxylation is 1. The van der Waals surface area contributed by atoms with E-state index in [-0.39, 0.29) is 17.9 Å². The Morgan fingerprint density at radius 1 is 0.667 bits per heavy atom. The summed E-state index contributed by atoms with van der Waals surface area (Å²) in [4.78, 5) is 16.2. The van der Waals surface area contributed by atoms with Crippen LogP contribution in [0.4, 0.5) is 5.69 Å². The number of aromatic nitrogens is 1. The maximum Gasteiger partial charge on any atom is 0.0964 e. The van der Waals surface area contributed by atoms with Crippen molar-refractivity contribution in [1.29, 1.82) is 0 Å². The minimum absolute atomic E-state index is 0.0722. The number of hydrogen-bond donors (Lipinski definition) is 0. The molecule has 0 amide bonds. The topological polar surface area (TPSA) is 37.6 Å². The summed E-state index contributed by atoms with van der Waals surface area (Å²) < 4.78 is 0. The molecule has 3 nitrogen and oxygen atoms in total. The molecule has 4 aromatic carbocycles. The Bertz CT molecular complexity index is 2640. The molecule has 3 heterocycles. The van der Waals surface area contributed by atoms with E-state index in [1.807, 2.05) is 0 Å². The molecule has 11 rings (SSSR count). The van der Waals surface area contributed by atoms with Crippen LogP contribution in [0, 0.1) is 0 Å². The fourth-order valence-electron chi connectivity index (χ4n) is 9.70. The first-order valence-electron chi connectivity index (χ1n) is 19.8. The first-order valence-corrected chi connectivity index (χ1v) is 19.8. The number of nitrogens with zero attached hydrogens (tertiary/aromatic N) is 3. The summed E-state index contributed by atoms with van der Waals surface area (Å²) in [5, 5.41) is 1.17. The van der Waals surface area contributed by atoms with Crippen molar-refractivity contribution in [3.63, 3.8) is 0 Å². The van der Waals surface area contributed by atoms with Crippen LogP contribution >= 0.6 is 0 Å². The Kier molecular flexibility index (Phi) is 7.53. The Hall–Kier alpha value is -5.93. The molecule has 6 aliphatic rings. The summed E-state index contributed by atoms with van der Waals surface area (Å²) in [6, 6.07) is 36.0. The van der Waals surface area contributed by atoms with E-state index in [0.717, 1.165) is 67.6 Å². The quantitative estimate of drug-likeness (QED) is 0.184. The van der Waals surface area contributed by atoms with E-state index in [2.05, 4.69) is 146 Å². The lowest BCUT2D eigenvalue weighted by Gasteiger charge is -2.40. The van der Waals surface area contributed by atoms with E-state index in [0.29, 0.717) is 0 Å². The first-order chi connectivity index (χ1) is 26.8. The van der Waals surface area contributed by atoms with E-state index >= 15 is 0 Å². The molecule has 5 aromatic rings. The highest BCUT2D eigenvalue weighted by molar-refractivity contribution is 6.15. The largest absolute Gasteiger partial charge is 0.275 e. The molecule has 3 unspecified atom stereocenters. The molecule has 2 aliphatic heterocycles. The number of rotatable bonds is 4. The van der Waals surface area contributed by atoms with Crippen LogP contribution in [-0.2, 0) is 6.42 Å². The SMILES string of the molecule is C1=CCCC(C2=Nc3c(ccc4ccc(C5C=CC(c6ccc(C7=NC8c9ccccc9-c9ccccc9C8C8=C7CCC=C8)cc6)=CC5)nc34)CC2)=C1. The van der Waals surface area contributed by atoms with Crippen molar-refractivity contribution in [2.45, 2.75) is 62.8 Å². The monoisotopic (exact) mass is 695 g/mol. The van der Waals surface area contributed by atoms with Gasteiger partial charge in [0, 0.05) is 34.2 Å². The second-order valence-corrected chi connectivity index (χ2v) is 15.5. The zero-order valence-electron chi connectivity index (χ0n) is 30.4. The lowest BCUT2D eigenvalue weighted by molar-refractivity contribution is 0.605. The van der Waals surface area contributed by atoms with Crippen molar-refractivity contribution in [2.75, 3.05) is 0 Å². The lowest BCUT2D eigenvalue weighted by Crippen LogP contribution is -2.27. The number of allylic oxidation sites excluding steroid dienone is 11. The van der Waals surface area contributed by atoms with Gasteiger partial charge < -0.3 is 0 Å². The first kappa shape index (κ1) is 31.6. The third kappa shape index (κ3) is 5.21. The number of hydrogen-bond acceptors (Lipinski definition) is 3.